The molecule has 1 aromatic carbocycles. The fourth-order valence-corrected chi connectivity index (χ4v) is 1.30. The Bertz CT molecular complexity index is 355. The lowest BCUT2D eigenvalue weighted by atomic mass is 10.3. The fourth-order valence-electron chi connectivity index (χ4n) is 1.30. The van der Waals surface area contributed by atoms with Crippen LogP contribution in [0.1, 0.15) is 6.92 Å². The van der Waals surface area contributed by atoms with E-state index in [0.29, 0.717) is 18.0 Å². The van der Waals surface area contributed by atoms with Crippen molar-refractivity contribution < 1.29 is 9.53 Å². The molecular formula is C11H17N3O2. The first-order valence-corrected chi connectivity index (χ1v) is 5.04. The number of methoxy groups -OCH3 is 1. The summed E-state index contributed by atoms with van der Waals surface area (Å²) in [6.07, 6.45) is 0. The predicted molar refractivity (Wildman–Crippen MR) is 64.3 cm³/mol. The number of nitrogens with two attached hydrogens (primary N) is 1. The maximum Gasteiger partial charge on any atom is 0.319 e. The zero-order chi connectivity index (χ0) is 12.0. The molecule has 0 aliphatic heterocycles. The summed E-state index contributed by atoms with van der Waals surface area (Å²) in [4.78, 5) is 11.5. The summed E-state index contributed by atoms with van der Waals surface area (Å²) in [5.41, 5.74) is 6.87. The van der Waals surface area contributed by atoms with Gasteiger partial charge in [-0.1, -0.05) is 6.07 Å². The van der Waals surface area contributed by atoms with E-state index in [1.807, 2.05) is 6.92 Å². The van der Waals surface area contributed by atoms with Crippen LogP contribution in [0.4, 0.5) is 16.2 Å². The zero-order valence-electron chi connectivity index (χ0n) is 9.49. The monoisotopic (exact) mass is 223 g/mol. The van der Waals surface area contributed by atoms with E-state index >= 15 is 0 Å². The molecule has 0 saturated heterocycles. The molecule has 0 saturated carbocycles. The molecule has 16 heavy (non-hydrogen) atoms. The standard InChI is InChI=1S/C11H17N3O2/c1-8(7-16-2)13-11(15)14-10-5-3-4-9(12)6-10/h3-6,8H,7,12H2,1-2H3,(H2,13,14,15). The van der Waals surface area contributed by atoms with Gasteiger partial charge in [-0.3, -0.25) is 0 Å². The molecule has 0 aliphatic rings. The highest BCUT2D eigenvalue weighted by Crippen LogP contribution is 2.11. The largest absolute Gasteiger partial charge is 0.399 e. The molecule has 0 aromatic heterocycles. The number of anilines is 2. The minimum atomic E-state index is -0.268. The van der Waals surface area contributed by atoms with Crippen molar-refractivity contribution in [1.82, 2.24) is 5.32 Å². The molecule has 5 nitrogen and oxygen atoms in total. The van der Waals surface area contributed by atoms with Crippen LogP contribution in [0.5, 0.6) is 0 Å². The van der Waals surface area contributed by atoms with Gasteiger partial charge in [0.15, 0.2) is 0 Å². The minimum Gasteiger partial charge on any atom is -0.399 e. The van der Waals surface area contributed by atoms with Crippen LogP contribution in [0.3, 0.4) is 0 Å². The summed E-state index contributed by atoms with van der Waals surface area (Å²) in [5, 5.41) is 5.42. The second-order valence-corrected chi connectivity index (χ2v) is 3.58. The smallest absolute Gasteiger partial charge is 0.319 e. The maximum atomic E-state index is 11.5. The number of nitrogens with one attached hydrogen (secondary N) is 2. The lowest BCUT2D eigenvalue weighted by Gasteiger charge is -2.13. The Kier molecular flexibility index (Phi) is 4.60. The van der Waals surface area contributed by atoms with Crippen molar-refractivity contribution in [2.24, 2.45) is 0 Å². The van der Waals surface area contributed by atoms with Crippen molar-refractivity contribution in [2.75, 3.05) is 24.8 Å². The van der Waals surface area contributed by atoms with Gasteiger partial charge in [0, 0.05) is 18.5 Å². The van der Waals surface area contributed by atoms with E-state index < -0.39 is 0 Å². The first-order chi connectivity index (χ1) is 7.61. The average molecular weight is 223 g/mol. The molecule has 0 bridgehead atoms. The molecule has 1 aromatic rings. The summed E-state index contributed by atoms with van der Waals surface area (Å²) in [6.45, 7) is 2.34. The molecular weight excluding hydrogens is 206 g/mol. The summed E-state index contributed by atoms with van der Waals surface area (Å²) >= 11 is 0. The summed E-state index contributed by atoms with van der Waals surface area (Å²) in [7, 11) is 1.59. The van der Waals surface area contributed by atoms with Gasteiger partial charge >= 0.3 is 6.03 Å². The third kappa shape index (κ3) is 4.18. The number of amides is 2. The number of hydrogen-bond acceptors (Lipinski definition) is 3. The molecule has 5 heteroatoms. The number of urea groups is 1. The van der Waals surface area contributed by atoms with Gasteiger partial charge in [0.2, 0.25) is 0 Å². The van der Waals surface area contributed by atoms with Gasteiger partial charge in [0.25, 0.3) is 0 Å². The van der Waals surface area contributed by atoms with E-state index in [9.17, 15) is 4.79 Å². The van der Waals surface area contributed by atoms with E-state index in [2.05, 4.69) is 10.6 Å². The van der Waals surface area contributed by atoms with Crippen LogP contribution in [0.2, 0.25) is 0 Å². The number of carbonyl (C=O) groups is 1. The SMILES string of the molecule is COCC(C)NC(=O)Nc1cccc(N)c1. The molecule has 4 N–H and O–H groups in total. The summed E-state index contributed by atoms with van der Waals surface area (Å²) < 4.78 is 4.91. The fraction of sp³-hybridized carbons (Fsp3) is 0.364. The van der Waals surface area contributed by atoms with Crippen LogP contribution in [-0.2, 0) is 4.74 Å². The topological polar surface area (TPSA) is 76.4 Å². The third-order valence-corrected chi connectivity index (χ3v) is 1.94. The molecule has 2 amide bonds. The number of carbonyl (C=O) groups excluding carboxylic acids is 1. The van der Waals surface area contributed by atoms with Crippen LogP contribution in [0.25, 0.3) is 0 Å². The van der Waals surface area contributed by atoms with Gasteiger partial charge in [-0.2, -0.15) is 0 Å². The Morgan fingerprint density at radius 2 is 2.31 bits per heavy atom. The predicted octanol–water partition coefficient (Wildman–Crippen LogP) is 1.43. The highest BCUT2D eigenvalue weighted by Gasteiger charge is 2.06. The molecule has 1 atom stereocenters. The number of benzene rings is 1. The molecule has 0 radical (unpaired) electrons. The lowest BCUT2D eigenvalue weighted by Crippen LogP contribution is -2.38. The van der Waals surface area contributed by atoms with Gasteiger partial charge < -0.3 is 21.1 Å². The molecule has 0 heterocycles. The Balaban J connectivity index is 2.45. The second kappa shape index (κ2) is 5.97. The maximum absolute atomic E-state index is 11.5. The molecule has 0 fully saturated rings. The van der Waals surface area contributed by atoms with E-state index in [-0.39, 0.29) is 12.1 Å². The average Bonchev–Trinajstić information content (AvgIpc) is 2.17. The third-order valence-electron chi connectivity index (χ3n) is 1.94. The van der Waals surface area contributed by atoms with E-state index in [4.69, 9.17) is 10.5 Å². The van der Waals surface area contributed by atoms with Gasteiger partial charge in [-0.15, -0.1) is 0 Å². The van der Waals surface area contributed by atoms with Crippen LogP contribution >= 0.6 is 0 Å². The van der Waals surface area contributed by atoms with Crippen LogP contribution in [0.15, 0.2) is 24.3 Å². The molecule has 1 unspecified atom stereocenters. The van der Waals surface area contributed by atoms with Crippen molar-refractivity contribution in [3.05, 3.63) is 24.3 Å². The molecule has 1 rings (SSSR count). The quantitative estimate of drug-likeness (QED) is 0.676. The van der Waals surface area contributed by atoms with Crippen molar-refractivity contribution in [2.45, 2.75) is 13.0 Å². The number of ether oxygens (including phenoxy) is 1. The van der Waals surface area contributed by atoms with Crippen LogP contribution < -0.4 is 16.4 Å². The van der Waals surface area contributed by atoms with Crippen molar-refractivity contribution in [1.29, 1.82) is 0 Å². The number of hydrogen-bond donors (Lipinski definition) is 3. The Labute approximate surface area is 95.0 Å². The number of nitrogen functional groups attached to an aromatic ring is 1. The second-order valence-electron chi connectivity index (χ2n) is 3.58. The van der Waals surface area contributed by atoms with Gasteiger partial charge in [-0.05, 0) is 25.1 Å². The van der Waals surface area contributed by atoms with Gasteiger partial charge in [0.05, 0.1) is 12.6 Å². The van der Waals surface area contributed by atoms with Crippen molar-refractivity contribution in [3.8, 4) is 0 Å². The van der Waals surface area contributed by atoms with Gasteiger partial charge in [-0.25, -0.2) is 4.79 Å². The Morgan fingerprint density at radius 1 is 1.56 bits per heavy atom. The van der Waals surface area contributed by atoms with E-state index in [0.717, 1.165) is 0 Å². The highest BCUT2D eigenvalue weighted by molar-refractivity contribution is 5.89. The van der Waals surface area contributed by atoms with E-state index in [1.165, 1.54) is 0 Å². The number of rotatable bonds is 4. The van der Waals surface area contributed by atoms with Crippen molar-refractivity contribution in [3.63, 3.8) is 0 Å². The highest BCUT2D eigenvalue weighted by atomic mass is 16.5. The molecule has 0 aliphatic carbocycles. The lowest BCUT2D eigenvalue weighted by molar-refractivity contribution is 0.173. The van der Waals surface area contributed by atoms with Crippen LogP contribution in [-0.4, -0.2) is 25.8 Å². The first kappa shape index (κ1) is 12.3. The first-order valence-electron chi connectivity index (χ1n) is 5.04. The van der Waals surface area contributed by atoms with Gasteiger partial charge in [0.1, 0.15) is 0 Å². The normalized spacial score (nSPS) is 11.9. The van der Waals surface area contributed by atoms with E-state index in [1.54, 1.807) is 31.4 Å². The Hall–Kier alpha value is -1.75. The summed E-state index contributed by atoms with van der Waals surface area (Å²) in [6, 6.07) is 6.71. The Morgan fingerprint density at radius 3 is 2.94 bits per heavy atom. The zero-order valence-corrected chi connectivity index (χ0v) is 9.49. The van der Waals surface area contributed by atoms with Crippen molar-refractivity contribution >= 4 is 17.4 Å². The molecule has 88 valence electrons. The molecule has 0 spiro atoms. The van der Waals surface area contributed by atoms with Crippen LogP contribution in [0, 0.1) is 0 Å². The summed E-state index contributed by atoms with van der Waals surface area (Å²) in [5.74, 6) is 0. The minimum absolute atomic E-state index is 0.0361.